The van der Waals surface area contributed by atoms with E-state index in [4.69, 9.17) is 0 Å². The minimum Gasteiger partial charge on any atom is -0.395 e. The van der Waals surface area contributed by atoms with Crippen molar-refractivity contribution in [2.75, 3.05) is 6.61 Å². The second-order valence-electron chi connectivity index (χ2n) is 4.41. The summed E-state index contributed by atoms with van der Waals surface area (Å²) in [5, 5.41) is 9.23. The van der Waals surface area contributed by atoms with E-state index in [1.807, 2.05) is 35.9 Å². The highest BCUT2D eigenvalue weighted by molar-refractivity contribution is 5.77. The summed E-state index contributed by atoms with van der Waals surface area (Å²) < 4.78 is 1.92. The second kappa shape index (κ2) is 4.78. The van der Waals surface area contributed by atoms with Crippen LogP contribution in [-0.2, 0) is 6.54 Å². The number of nitrogens with zero attached hydrogens (tertiary/aromatic N) is 4. The molecule has 0 aliphatic heterocycles. The van der Waals surface area contributed by atoms with Crippen LogP contribution in [0.4, 0.5) is 0 Å². The molecule has 0 radical (unpaired) electrons. The molecule has 3 rings (SSSR count). The predicted octanol–water partition coefficient (Wildman–Crippen LogP) is 1.79. The van der Waals surface area contributed by atoms with Gasteiger partial charge in [-0.15, -0.1) is 0 Å². The predicted molar refractivity (Wildman–Crippen MR) is 72.6 cm³/mol. The van der Waals surface area contributed by atoms with Crippen LogP contribution in [0.25, 0.3) is 22.6 Å². The van der Waals surface area contributed by atoms with Crippen molar-refractivity contribution in [1.82, 2.24) is 19.5 Å². The van der Waals surface area contributed by atoms with Crippen LogP contribution in [0.1, 0.15) is 5.56 Å². The Morgan fingerprint density at radius 2 is 2.21 bits per heavy atom. The van der Waals surface area contributed by atoms with Gasteiger partial charge < -0.3 is 9.67 Å². The van der Waals surface area contributed by atoms with Gasteiger partial charge in [0.2, 0.25) is 0 Å². The summed E-state index contributed by atoms with van der Waals surface area (Å²) in [7, 11) is 0. The molecule has 5 nitrogen and oxygen atoms in total. The molecule has 5 heteroatoms. The number of pyridine rings is 2. The van der Waals surface area contributed by atoms with Crippen LogP contribution >= 0.6 is 0 Å². The minimum absolute atomic E-state index is 0.0499. The standard InChI is InChI=1S/C14H14N4O/c1-10-7-12-14(16-8-10)18(5-6-19)13(17-12)11-3-2-4-15-9-11/h2-4,7-9,19H,5-6H2,1H3. The van der Waals surface area contributed by atoms with Gasteiger partial charge in [0.15, 0.2) is 5.65 Å². The number of imidazole rings is 1. The molecule has 0 spiro atoms. The molecule has 1 N–H and O–H groups in total. The fourth-order valence-electron chi connectivity index (χ4n) is 2.14. The van der Waals surface area contributed by atoms with E-state index in [1.165, 1.54) is 0 Å². The third-order valence-corrected chi connectivity index (χ3v) is 2.96. The van der Waals surface area contributed by atoms with Gasteiger partial charge in [-0.1, -0.05) is 0 Å². The van der Waals surface area contributed by atoms with Gasteiger partial charge >= 0.3 is 0 Å². The van der Waals surface area contributed by atoms with Gasteiger partial charge in [-0.05, 0) is 30.7 Å². The van der Waals surface area contributed by atoms with Gasteiger partial charge in [0.1, 0.15) is 11.3 Å². The summed E-state index contributed by atoms with van der Waals surface area (Å²) in [6.07, 6.45) is 5.30. The molecular weight excluding hydrogens is 240 g/mol. The number of rotatable bonds is 3. The Hall–Kier alpha value is -2.27. The van der Waals surface area contributed by atoms with E-state index in [9.17, 15) is 5.11 Å². The van der Waals surface area contributed by atoms with E-state index in [-0.39, 0.29) is 6.61 Å². The van der Waals surface area contributed by atoms with Gasteiger partial charge in [-0.2, -0.15) is 0 Å². The number of fused-ring (bicyclic) bond motifs is 1. The number of hydrogen-bond acceptors (Lipinski definition) is 4. The zero-order valence-corrected chi connectivity index (χ0v) is 10.6. The van der Waals surface area contributed by atoms with E-state index >= 15 is 0 Å². The molecule has 0 unspecified atom stereocenters. The molecule has 0 aliphatic carbocycles. The molecule has 3 aromatic heterocycles. The first kappa shape index (κ1) is 11.8. The van der Waals surface area contributed by atoms with Crippen LogP contribution in [-0.4, -0.2) is 31.2 Å². The summed E-state index contributed by atoms with van der Waals surface area (Å²) in [6, 6.07) is 5.82. The first-order valence-electron chi connectivity index (χ1n) is 6.14. The van der Waals surface area contributed by atoms with E-state index in [0.717, 1.165) is 28.1 Å². The van der Waals surface area contributed by atoms with Crippen LogP contribution in [0.15, 0.2) is 36.8 Å². The van der Waals surface area contributed by atoms with Crippen molar-refractivity contribution in [3.05, 3.63) is 42.4 Å². The summed E-state index contributed by atoms with van der Waals surface area (Å²) >= 11 is 0. The smallest absolute Gasteiger partial charge is 0.160 e. The molecule has 0 atom stereocenters. The van der Waals surface area contributed by atoms with Crippen molar-refractivity contribution in [3.8, 4) is 11.4 Å². The molecule has 96 valence electrons. The van der Waals surface area contributed by atoms with Gasteiger partial charge in [0, 0.05) is 30.7 Å². The van der Waals surface area contributed by atoms with Gasteiger partial charge in [0.25, 0.3) is 0 Å². The number of aliphatic hydroxyl groups excluding tert-OH is 1. The van der Waals surface area contributed by atoms with Crippen molar-refractivity contribution < 1.29 is 5.11 Å². The van der Waals surface area contributed by atoms with Crippen molar-refractivity contribution in [3.63, 3.8) is 0 Å². The Kier molecular flexibility index (Phi) is 2.97. The molecular formula is C14H14N4O. The summed E-state index contributed by atoms with van der Waals surface area (Å²) in [4.78, 5) is 13.1. The van der Waals surface area contributed by atoms with Gasteiger partial charge in [-0.3, -0.25) is 4.98 Å². The van der Waals surface area contributed by atoms with E-state index in [0.29, 0.717) is 6.54 Å². The van der Waals surface area contributed by atoms with Crippen LogP contribution in [0.3, 0.4) is 0 Å². The molecule has 3 heterocycles. The van der Waals surface area contributed by atoms with E-state index in [1.54, 1.807) is 12.4 Å². The van der Waals surface area contributed by atoms with Crippen molar-refractivity contribution in [1.29, 1.82) is 0 Å². The van der Waals surface area contributed by atoms with Crippen molar-refractivity contribution in [2.45, 2.75) is 13.5 Å². The number of aromatic nitrogens is 4. The van der Waals surface area contributed by atoms with Crippen LogP contribution in [0, 0.1) is 6.92 Å². The molecule has 0 bridgehead atoms. The first-order chi connectivity index (χ1) is 9.29. The zero-order chi connectivity index (χ0) is 13.2. The molecule has 0 aliphatic rings. The monoisotopic (exact) mass is 254 g/mol. The lowest BCUT2D eigenvalue weighted by atomic mass is 10.3. The lowest BCUT2D eigenvalue weighted by Crippen LogP contribution is -2.05. The quantitative estimate of drug-likeness (QED) is 0.774. The molecule has 3 aromatic rings. The van der Waals surface area contributed by atoms with E-state index in [2.05, 4.69) is 15.0 Å². The second-order valence-corrected chi connectivity index (χ2v) is 4.41. The van der Waals surface area contributed by atoms with Gasteiger partial charge in [0.05, 0.1) is 6.61 Å². The summed E-state index contributed by atoms with van der Waals surface area (Å²) in [5.41, 5.74) is 3.62. The third kappa shape index (κ3) is 2.08. The molecule has 0 saturated carbocycles. The van der Waals surface area contributed by atoms with E-state index < -0.39 is 0 Å². The summed E-state index contributed by atoms with van der Waals surface area (Å²) in [6.45, 7) is 2.51. The third-order valence-electron chi connectivity index (χ3n) is 2.96. The molecule has 0 fully saturated rings. The molecule has 19 heavy (non-hydrogen) atoms. The Labute approximate surface area is 110 Å². The normalized spacial score (nSPS) is 11.1. The average molecular weight is 254 g/mol. The highest BCUT2D eigenvalue weighted by atomic mass is 16.3. The highest BCUT2D eigenvalue weighted by Gasteiger charge is 2.13. The maximum absolute atomic E-state index is 9.23. The highest BCUT2D eigenvalue weighted by Crippen LogP contribution is 2.23. The van der Waals surface area contributed by atoms with Crippen LogP contribution in [0.5, 0.6) is 0 Å². The Morgan fingerprint density at radius 1 is 1.32 bits per heavy atom. The largest absolute Gasteiger partial charge is 0.395 e. The Bertz CT molecular complexity index is 706. The fraction of sp³-hybridized carbons (Fsp3) is 0.214. The molecule has 0 saturated heterocycles. The lowest BCUT2D eigenvalue weighted by Gasteiger charge is -2.06. The SMILES string of the molecule is Cc1cnc2c(c1)nc(-c1cccnc1)n2CCO. The van der Waals surface area contributed by atoms with Crippen molar-refractivity contribution in [2.24, 2.45) is 0 Å². The number of hydrogen-bond donors (Lipinski definition) is 1. The average Bonchev–Trinajstić information content (AvgIpc) is 2.78. The van der Waals surface area contributed by atoms with Crippen LogP contribution in [0.2, 0.25) is 0 Å². The number of aryl methyl sites for hydroxylation is 1. The topological polar surface area (TPSA) is 63.8 Å². The van der Waals surface area contributed by atoms with Crippen LogP contribution < -0.4 is 0 Å². The summed E-state index contributed by atoms with van der Waals surface area (Å²) in [5.74, 6) is 0.787. The zero-order valence-electron chi connectivity index (χ0n) is 10.6. The first-order valence-corrected chi connectivity index (χ1v) is 6.14. The molecule has 0 aromatic carbocycles. The van der Waals surface area contributed by atoms with Crippen molar-refractivity contribution >= 4 is 11.2 Å². The lowest BCUT2D eigenvalue weighted by molar-refractivity contribution is 0.278. The maximum Gasteiger partial charge on any atom is 0.160 e. The fourth-order valence-corrected chi connectivity index (χ4v) is 2.14. The van der Waals surface area contributed by atoms with Gasteiger partial charge in [-0.25, -0.2) is 9.97 Å². The number of aliphatic hydroxyl groups is 1. The Morgan fingerprint density at radius 3 is 2.95 bits per heavy atom. The minimum atomic E-state index is 0.0499. The Balaban J connectivity index is 2.26. The molecule has 0 amide bonds. The maximum atomic E-state index is 9.23.